The van der Waals surface area contributed by atoms with Gasteiger partial charge in [0.15, 0.2) is 0 Å². The Bertz CT molecular complexity index is 477. The predicted octanol–water partition coefficient (Wildman–Crippen LogP) is 2.12. The van der Waals surface area contributed by atoms with Gasteiger partial charge in [0, 0.05) is 11.8 Å². The molecule has 0 bridgehead atoms. The highest BCUT2D eigenvalue weighted by Crippen LogP contribution is 2.53. The average Bonchev–Trinajstić information content (AvgIpc) is 2.48. The third-order valence-corrected chi connectivity index (χ3v) is 3.26. The third-order valence-electron chi connectivity index (χ3n) is 2.34. The first-order valence-corrected chi connectivity index (χ1v) is 6.06. The topological polar surface area (TPSA) is 44.5 Å². The lowest BCUT2D eigenvalue weighted by atomic mass is 9.76. The summed E-state index contributed by atoms with van der Waals surface area (Å²) in [7, 11) is 7.12. The van der Waals surface area contributed by atoms with Crippen LogP contribution in [0.2, 0.25) is 0 Å². The molecule has 0 saturated carbocycles. The lowest BCUT2D eigenvalue weighted by Gasteiger charge is -2.19. The van der Waals surface area contributed by atoms with Gasteiger partial charge < -0.3 is 15.2 Å². The van der Waals surface area contributed by atoms with Crippen LogP contribution in [-0.4, -0.2) is 25.8 Å². The molecule has 2 radical (unpaired) electrons. The second-order valence-corrected chi connectivity index (χ2v) is 5.56. The van der Waals surface area contributed by atoms with Gasteiger partial charge in [0.25, 0.3) is 0 Å². The Morgan fingerprint density at radius 1 is 1.56 bits per heavy atom. The maximum atomic E-state index is 13.2. The molecular weight excluding hydrogens is 259 g/mol. The Balaban J connectivity index is 2.38. The minimum atomic E-state index is -3.26. The molecule has 96 valence electrons. The molecule has 1 aromatic rings. The van der Waals surface area contributed by atoms with Crippen LogP contribution >= 0.6 is 11.8 Å². The monoisotopic (exact) mass is 271 g/mol. The summed E-state index contributed by atoms with van der Waals surface area (Å²) in [6, 6.07) is 3.16. The number of alkyl halides is 2. The largest absolute Gasteiger partial charge is 0.495 e. The van der Waals surface area contributed by atoms with Crippen LogP contribution < -0.4 is 15.2 Å². The van der Waals surface area contributed by atoms with Crippen LogP contribution in [0, 0.1) is 0 Å². The summed E-state index contributed by atoms with van der Waals surface area (Å²) in [5.41, 5.74) is 2.21. The van der Waals surface area contributed by atoms with Crippen molar-refractivity contribution in [2.24, 2.45) is 5.73 Å². The Hall–Kier alpha value is -0.945. The highest BCUT2D eigenvalue weighted by atomic mass is 32.2. The van der Waals surface area contributed by atoms with Crippen molar-refractivity contribution in [3.05, 3.63) is 17.7 Å². The highest BCUT2D eigenvalue weighted by molar-refractivity contribution is 8.00. The Kier molecular flexibility index (Phi) is 3.23. The maximum Gasteiger partial charge on any atom is 0.457 e. The number of thioether (sulfide) groups is 1. The normalized spacial score (nSPS) is 19.8. The first kappa shape index (κ1) is 13.5. The summed E-state index contributed by atoms with van der Waals surface area (Å²) in [5.74, 6) is 0.442. The van der Waals surface area contributed by atoms with Gasteiger partial charge in [0.05, 0.1) is 15.0 Å². The zero-order valence-corrected chi connectivity index (χ0v) is 10.8. The van der Waals surface area contributed by atoms with Gasteiger partial charge in [-0.15, -0.1) is 0 Å². The Morgan fingerprint density at radius 2 is 2.22 bits per heavy atom. The number of ether oxygens (including phenoxy) is 2. The van der Waals surface area contributed by atoms with E-state index in [1.807, 2.05) is 0 Å². The van der Waals surface area contributed by atoms with Crippen LogP contribution in [0.3, 0.4) is 0 Å². The second-order valence-electron chi connectivity index (χ2n) is 4.48. The van der Waals surface area contributed by atoms with Gasteiger partial charge in [-0.05, 0) is 29.6 Å². The van der Waals surface area contributed by atoms with E-state index in [0.29, 0.717) is 34.4 Å². The molecule has 1 aliphatic heterocycles. The van der Waals surface area contributed by atoms with Crippen molar-refractivity contribution in [3.8, 4) is 11.5 Å². The van der Waals surface area contributed by atoms with Gasteiger partial charge in [-0.3, -0.25) is 0 Å². The molecule has 2 rings (SSSR count). The minimum Gasteiger partial charge on any atom is -0.495 e. The van der Waals surface area contributed by atoms with Crippen LogP contribution in [0.15, 0.2) is 17.0 Å². The maximum absolute atomic E-state index is 13.2. The van der Waals surface area contributed by atoms with Gasteiger partial charge >= 0.3 is 5.44 Å². The molecule has 1 unspecified atom stereocenters. The van der Waals surface area contributed by atoms with E-state index in [1.165, 1.54) is 13.2 Å². The molecule has 18 heavy (non-hydrogen) atoms. The number of halogens is 2. The number of methoxy groups -OCH3 is 1. The standard InChI is InChI=1S/C11H12BF2NO2S/c1-10(12,15)5-6-3-7(16-2)9-8(4-6)17-11(13,14)18-9/h3-4H,5,15H2,1-2H3. The molecule has 2 N–H and O–H groups in total. The smallest absolute Gasteiger partial charge is 0.457 e. The van der Waals surface area contributed by atoms with Crippen molar-refractivity contribution in [3.63, 3.8) is 0 Å². The SMILES string of the molecule is [B]C(C)(N)Cc1cc(OC)c2c(c1)OC(F)(F)S2. The number of nitrogens with two attached hydrogens (primary N) is 1. The van der Waals surface area contributed by atoms with Crippen molar-refractivity contribution in [1.29, 1.82) is 0 Å². The minimum absolute atomic E-state index is 0.101. The molecular formula is C11H12BF2NO2S. The van der Waals surface area contributed by atoms with Crippen molar-refractivity contribution < 1.29 is 18.3 Å². The van der Waals surface area contributed by atoms with Gasteiger partial charge in [-0.25, -0.2) is 0 Å². The van der Waals surface area contributed by atoms with Gasteiger partial charge in [0.1, 0.15) is 16.4 Å². The van der Waals surface area contributed by atoms with Crippen LogP contribution in [0.4, 0.5) is 8.78 Å². The Labute approximate surface area is 109 Å². The summed E-state index contributed by atoms with van der Waals surface area (Å²) < 4.78 is 36.0. The third kappa shape index (κ3) is 2.89. The second kappa shape index (κ2) is 4.31. The molecule has 1 aromatic carbocycles. The zero-order valence-electron chi connectivity index (χ0n) is 10.00. The van der Waals surface area contributed by atoms with Crippen LogP contribution in [-0.2, 0) is 6.42 Å². The van der Waals surface area contributed by atoms with Crippen molar-refractivity contribution in [2.75, 3.05) is 7.11 Å². The average molecular weight is 271 g/mol. The van der Waals surface area contributed by atoms with Crippen LogP contribution in [0.25, 0.3) is 0 Å². The van der Waals surface area contributed by atoms with Crippen molar-refractivity contribution in [1.82, 2.24) is 0 Å². The van der Waals surface area contributed by atoms with Crippen molar-refractivity contribution in [2.45, 2.75) is 29.1 Å². The number of rotatable bonds is 3. The fourth-order valence-corrected chi connectivity index (χ4v) is 2.58. The van der Waals surface area contributed by atoms with E-state index in [9.17, 15) is 8.78 Å². The summed E-state index contributed by atoms with van der Waals surface area (Å²) in [6.07, 6.45) is 0.330. The summed E-state index contributed by atoms with van der Waals surface area (Å²) >= 11 is 0.328. The van der Waals surface area contributed by atoms with Gasteiger partial charge in [-0.1, -0.05) is 6.92 Å². The van der Waals surface area contributed by atoms with E-state index < -0.39 is 10.9 Å². The van der Waals surface area contributed by atoms with Crippen LogP contribution in [0.5, 0.6) is 11.5 Å². The fraction of sp³-hybridized carbons (Fsp3) is 0.455. The molecule has 0 fully saturated rings. The van der Waals surface area contributed by atoms with E-state index in [-0.39, 0.29) is 5.75 Å². The summed E-state index contributed by atoms with van der Waals surface area (Å²) in [4.78, 5) is 0.294. The molecule has 7 heteroatoms. The highest BCUT2D eigenvalue weighted by Gasteiger charge is 2.43. The van der Waals surface area contributed by atoms with E-state index in [4.69, 9.17) is 18.3 Å². The molecule has 1 aliphatic rings. The van der Waals surface area contributed by atoms with E-state index >= 15 is 0 Å². The number of hydrogen-bond donors (Lipinski definition) is 1. The fourth-order valence-electron chi connectivity index (χ4n) is 1.77. The Morgan fingerprint density at radius 3 is 2.78 bits per heavy atom. The molecule has 1 heterocycles. The molecule has 3 nitrogen and oxygen atoms in total. The first-order valence-electron chi connectivity index (χ1n) is 5.25. The molecule has 1 atom stereocenters. The number of fused-ring (bicyclic) bond motifs is 1. The molecule has 0 aromatic heterocycles. The zero-order chi connectivity index (χ0) is 13.6. The molecule has 0 saturated heterocycles. The van der Waals surface area contributed by atoms with E-state index in [0.717, 1.165) is 0 Å². The first-order chi connectivity index (χ1) is 8.20. The number of benzene rings is 1. The van der Waals surface area contributed by atoms with E-state index in [2.05, 4.69) is 4.74 Å². The lowest BCUT2D eigenvalue weighted by Crippen LogP contribution is -2.38. The van der Waals surface area contributed by atoms with E-state index in [1.54, 1.807) is 13.0 Å². The summed E-state index contributed by atoms with van der Waals surface area (Å²) in [6.45, 7) is 1.65. The van der Waals surface area contributed by atoms with Gasteiger partial charge in [-0.2, -0.15) is 8.78 Å². The number of hydrogen-bond acceptors (Lipinski definition) is 4. The van der Waals surface area contributed by atoms with Crippen LogP contribution in [0.1, 0.15) is 12.5 Å². The molecule has 0 amide bonds. The quantitative estimate of drug-likeness (QED) is 0.855. The predicted molar refractivity (Wildman–Crippen MR) is 66.5 cm³/mol. The molecule has 0 aliphatic carbocycles. The molecule has 0 spiro atoms. The summed E-state index contributed by atoms with van der Waals surface area (Å²) in [5, 5.41) is 0. The van der Waals surface area contributed by atoms with Gasteiger partial charge in [0.2, 0.25) is 0 Å². The van der Waals surface area contributed by atoms with Crippen molar-refractivity contribution >= 4 is 19.6 Å². The lowest BCUT2D eigenvalue weighted by molar-refractivity contribution is -0.0822.